The summed E-state index contributed by atoms with van der Waals surface area (Å²) in [7, 11) is 4.52. The van der Waals surface area contributed by atoms with Crippen LogP contribution in [0.25, 0.3) is 11.4 Å². The number of methoxy groups -OCH3 is 3. The molecule has 0 aliphatic carbocycles. The van der Waals surface area contributed by atoms with Crippen LogP contribution >= 0.6 is 24.4 Å². The van der Waals surface area contributed by atoms with E-state index in [0.717, 1.165) is 36.9 Å². The van der Waals surface area contributed by atoms with Crippen LogP contribution in [-0.2, 0) is 6.54 Å². The van der Waals surface area contributed by atoms with Crippen molar-refractivity contribution in [3.8, 4) is 40.4 Å². The third kappa shape index (κ3) is 7.11. The van der Waals surface area contributed by atoms with Gasteiger partial charge in [0.15, 0.2) is 9.54 Å². The van der Waals surface area contributed by atoms with Gasteiger partial charge in [-0.15, -0.1) is 0 Å². The highest BCUT2D eigenvalue weighted by atomic mass is 32.1. The Balaban J connectivity index is 1.50. The number of hydrogen-bond acceptors (Lipinski definition) is 11. The summed E-state index contributed by atoms with van der Waals surface area (Å²) >= 11 is 11.2. The molecular formula is C41H40N6O7S2. The van der Waals surface area contributed by atoms with Crippen molar-refractivity contribution < 1.29 is 24.4 Å². The highest BCUT2D eigenvalue weighted by molar-refractivity contribution is 7.71. The number of pyridine rings is 1. The van der Waals surface area contributed by atoms with Crippen LogP contribution in [0.1, 0.15) is 59.0 Å². The van der Waals surface area contributed by atoms with Gasteiger partial charge in [-0.25, -0.2) is 0 Å². The number of nitrogens with zero attached hydrogens (tertiary/aromatic N) is 4. The standard InChI is InChI=1S/C41H40N6O7S2/c1-52-30-18-17-24(21-26(30)23-45-20-9-8-12-27(45)25-11-10-19-42-22-25)33(34-36(48)43-40(55)46(38(34)50)28-13-4-6-15-31(28)53-2)35-37(49)44-41(56)47(39(35)51)29-14-5-7-16-32(29)54-3/h4-7,10-11,13-19,21-22,27,33,50-51H,8-9,12,20,23H2,1-3H3,(H,43,48,55)(H,44,49,56)/t27-/m1/s1. The summed E-state index contributed by atoms with van der Waals surface area (Å²) in [6.45, 7) is 1.27. The molecule has 13 nitrogen and oxygen atoms in total. The first-order valence-corrected chi connectivity index (χ1v) is 18.7. The third-order valence-corrected chi connectivity index (χ3v) is 10.7. The molecule has 1 fully saturated rings. The molecule has 1 saturated heterocycles. The van der Waals surface area contributed by atoms with Gasteiger partial charge in [0.2, 0.25) is 11.8 Å². The average molecular weight is 793 g/mol. The number of hydrogen-bond donors (Lipinski definition) is 4. The van der Waals surface area contributed by atoms with Crippen molar-refractivity contribution in [1.82, 2.24) is 29.0 Å². The number of aromatic hydroxyl groups is 2. The van der Waals surface area contributed by atoms with Gasteiger partial charge in [0.05, 0.1) is 49.7 Å². The van der Waals surface area contributed by atoms with E-state index in [1.165, 1.54) is 23.4 Å². The van der Waals surface area contributed by atoms with Crippen LogP contribution in [-0.4, -0.2) is 67.1 Å². The fourth-order valence-corrected chi connectivity index (χ4v) is 8.16. The van der Waals surface area contributed by atoms with E-state index in [0.29, 0.717) is 40.7 Å². The zero-order valence-electron chi connectivity index (χ0n) is 30.9. The molecule has 288 valence electrons. The molecule has 0 spiro atoms. The number of aromatic nitrogens is 5. The van der Waals surface area contributed by atoms with Gasteiger partial charge >= 0.3 is 0 Å². The van der Waals surface area contributed by atoms with E-state index in [2.05, 4.69) is 25.9 Å². The normalized spacial score (nSPS) is 14.5. The van der Waals surface area contributed by atoms with E-state index >= 15 is 0 Å². The Bertz CT molecular complexity index is 2510. The minimum absolute atomic E-state index is 0.0965. The SMILES string of the molecule is COc1ccc(C(c2c(O)n(-c3ccccc3OC)c(=S)[nH]c2=O)c2c(O)n(-c3ccccc3OC)c(=S)[nH]c2=O)cc1CN1CCCC[C@@H]1c1cccnc1. The quantitative estimate of drug-likeness (QED) is 0.102. The number of rotatable bonds is 11. The minimum Gasteiger partial charge on any atom is -0.496 e. The van der Waals surface area contributed by atoms with Crippen molar-refractivity contribution in [3.05, 3.63) is 149 Å². The molecule has 6 aromatic rings. The second-order valence-electron chi connectivity index (χ2n) is 13.3. The fourth-order valence-electron chi connectivity index (χ4n) is 7.60. The first-order valence-electron chi connectivity index (χ1n) is 17.9. The van der Waals surface area contributed by atoms with Crippen molar-refractivity contribution in [3.63, 3.8) is 0 Å². The van der Waals surface area contributed by atoms with Gasteiger partial charge < -0.3 is 24.4 Å². The molecule has 3 aromatic heterocycles. The topological polar surface area (TPSA) is 160 Å². The number of ether oxygens (including phenoxy) is 3. The zero-order chi connectivity index (χ0) is 39.5. The van der Waals surface area contributed by atoms with Gasteiger partial charge in [-0.05, 0) is 97.4 Å². The smallest absolute Gasteiger partial charge is 0.259 e. The summed E-state index contributed by atoms with van der Waals surface area (Å²) in [5, 5.41) is 24.5. The molecule has 1 aliphatic rings. The van der Waals surface area contributed by atoms with Gasteiger partial charge in [0, 0.05) is 30.5 Å². The van der Waals surface area contributed by atoms with Crippen LogP contribution in [0.2, 0.25) is 0 Å². The molecule has 7 rings (SSSR count). The van der Waals surface area contributed by atoms with E-state index in [4.69, 9.17) is 38.6 Å². The number of piperidine rings is 1. The summed E-state index contributed by atoms with van der Waals surface area (Å²) in [6, 6.07) is 23.0. The molecule has 0 saturated carbocycles. The average Bonchev–Trinajstić information content (AvgIpc) is 3.21. The molecule has 4 N–H and O–H groups in total. The molecule has 3 aromatic carbocycles. The second-order valence-corrected chi connectivity index (χ2v) is 14.1. The maximum absolute atomic E-state index is 14.2. The van der Waals surface area contributed by atoms with Crippen molar-refractivity contribution in [1.29, 1.82) is 0 Å². The van der Waals surface area contributed by atoms with E-state index in [1.54, 1.807) is 74.0 Å². The monoisotopic (exact) mass is 792 g/mol. The first-order chi connectivity index (χ1) is 27.2. The van der Waals surface area contributed by atoms with E-state index in [9.17, 15) is 19.8 Å². The fraction of sp³-hybridized carbons (Fsp3) is 0.244. The summed E-state index contributed by atoms with van der Waals surface area (Å²) in [5.41, 5.74) is 0.822. The van der Waals surface area contributed by atoms with E-state index in [1.807, 2.05) is 18.3 Å². The number of aromatic amines is 2. The number of nitrogens with one attached hydrogen (secondary N) is 2. The highest BCUT2D eigenvalue weighted by Crippen LogP contribution is 2.42. The van der Waals surface area contributed by atoms with Crippen LogP contribution in [0.5, 0.6) is 29.0 Å². The third-order valence-electron chi connectivity index (χ3n) is 10.2. The maximum atomic E-state index is 14.2. The molecular weight excluding hydrogens is 753 g/mol. The largest absolute Gasteiger partial charge is 0.496 e. The van der Waals surface area contributed by atoms with E-state index < -0.39 is 28.8 Å². The van der Waals surface area contributed by atoms with Crippen molar-refractivity contribution in [2.45, 2.75) is 37.8 Å². The lowest BCUT2D eigenvalue weighted by atomic mass is 9.85. The van der Waals surface area contributed by atoms with Gasteiger partial charge in [0.25, 0.3) is 11.1 Å². The van der Waals surface area contributed by atoms with Crippen molar-refractivity contribution >= 4 is 24.4 Å². The van der Waals surface area contributed by atoms with Crippen molar-refractivity contribution in [2.75, 3.05) is 27.9 Å². The van der Waals surface area contributed by atoms with Crippen LogP contribution in [0.4, 0.5) is 0 Å². The minimum atomic E-state index is -1.39. The Hall–Kier alpha value is -6.03. The van der Waals surface area contributed by atoms with Gasteiger partial charge in [-0.3, -0.25) is 38.6 Å². The summed E-state index contributed by atoms with van der Waals surface area (Å²) < 4.78 is 19.3. The summed E-state index contributed by atoms with van der Waals surface area (Å²) in [6.07, 6.45) is 6.64. The molecule has 4 heterocycles. The lowest BCUT2D eigenvalue weighted by Gasteiger charge is -2.36. The van der Waals surface area contributed by atoms with Crippen LogP contribution < -0.4 is 25.3 Å². The molecule has 0 bridgehead atoms. The Morgan fingerprint density at radius 2 is 1.34 bits per heavy atom. The first kappa shape index (κ1) is 38.3. The molecule has 0 radical (unpaired) electrons. The number of likely N-dealkylation sites (tertiary alicyclic amines) is 1. The highest BCUT2D eigenvalue weighted by Gasteiger charge is 2.34. The van der Waals surface area contributed by atoms with Crippen LogP contribution in [0.15, 0.2) is 101 Å². The summed E-state index contributed by atoms with van der Waals surface area (Å²) in [5.74, 6) is -1.23. The number of para-hydroxylation sites is 4. The Morgan fingerprint density at radius 1 is 0.768 bits per heavy atom. The molecule has 1 atom stereocenters. The van der Waals surface area contributed by atoms with Gasteiger partial charge in [-0.1, -0.05) is 42.8 Å². The maximum Gasteiger partial charge on any atom is 0.259 e. The molecule has 1 aliphatic heterocycles. The Kier molecular flexibility index (Phi) is 11.2. The predicted octanol–water partition coefficient (Wildman–Crippen LogP) is 6.84. The van der Waals surface area contributed by atoms with Crippen LogP contribution in [0, 0.1) is 9.54 Å². The summed E-state index contributed by atoms with van der Waals surface area (Å²) in [4.78, 5) is 40.6. The Labute approximate surface area is 332 Å². The lowest BCUT2D eigenvalue weighted by Crippen LogP contribution is -2.33. The Morgan fingerprint density at radius 3 is 1.88 bits per heavy atom. The van der Waals surface area contributed by atoms with Crippen LogP contribution in [0.3, 0.4) is 0 Å². The zero-order valence-corrected chi connectivity index (χ0v) is 32.5. The molecule has 0 amide bonds. The lowest BCUT2D eigenvalue weighted by molar-refractivity contribution is 0.139. The number of benzene rings is 3. The van der Waals surface area contributed by atoms with Gasteiger partial charge in [0.1, 0.15) is 17.2 Å². The van der Waals surface area contributed by atoms with E-state index in [-0.39, 0.29) is 26.7 Å². The molecule has 0 unspecified atom stereocenters. The number of H-pyrrole nitrogens is 2. The molecule has 15 heteroatoms. The van der Waals surface area contributed by atoms with Crippen molar-refractivity contribution in [2.24, 2.45) is 0 Å². The predicted molar refractivity (Wildman–Crippen MR) is 216 cm³/mol. The second kappa shape index (κ2) is 16.4. The molecule has 56 heavy (non-hydrogen) atoms. The van der Waals surface area contributed by atoms with Gasteiger partial charge in [-0.2, -0.15) is 0 Å².